The number of hydrogen-bond donors (Lipinski definition) is 1. The predicted molar refractivity (Wildman–Crippen MR) is 73.3 cm³/mol. The molecule has 3 rings (SSSR count). The summed E-state index contributed by atoms with van der Waals surface area (Å²) in [4.78, 5) is 12.7. The molecule has 0 saturated heterocycles. The topological polar surface area (TPSA) is 68.5 Å². The molecule has 0 amide bonds. The molecule has 0 aromatic carbocycles. The van der Waals surface area contributed by atoms with E-state index in [1.54, 1.807) is 28.5 Å². The SMILES string of the molecule is Cc1nc(CNc2cccnc2-n2cncn2)cs1. The van der Waals surface area contributed by atoms with Gasteiger partial charge in [0.1, 0.15) is 12.7 Å². The molecule has 7 heteroatoms. The van der Waals surface area contributed by atoms with E-state index in [0.29, 0.717) is 6.54 Å². The van der Waals surface area contributed by atoms with Gasteiger partial charge in [-0.25, -0.2) is 19.6 Å². The number of nitrogens with one attached hydrogen (secondary N) is 1. The third-order valence-corrected chi connectivity index (χ3v) is 3.37. The maximum atomic E-state index is 4.42. The van der Waals surface area contributed by atoms with Gasteiger partial charge >= 0.3 is 0 Å². The van der Waals surface area contributed by atoms with Gasteiger partial charge in [0.15, 0.2) is 5.82 Å². The smallest absolute Gasteiger partial charge is 0.178 e. The fraction of sp³-hybridized carbons (Fsp3) is 0.167. The largest absolute Gasteiger partial charge is 0.376 e. The number of hydrogen-bond acceptors (Lipinski definition) is 6. The first-order chi connectivity index (χ1) is 9.33. The average Bonchev–Trinajstić information content (AvgIpc) is 3.08. The first kappa shape index (κ1) is 11.8. The van der Waals surface area contributed by atoms with Crippen LogP contribution in [0.25, 0.3) is 5.82 Å². The molecule has 0 radical (unpaired) electrons. The van der Waals surface area contributed by atoms with Crippen LogP contribution in [0, 0.1) is 6.92 Å². The number of rotatable bonds is 4. The molecule has 0 aliphatic rings. The van der Waals surface area contributed by atoms with Gasteiger partial charge in [0.25, 0.3) is 0 Å². The van der Waals surface area contributed by atoms with E-state index >= 15 is 0 Å². The Morgan fingerprint density at radius 2 is 2.37 bits per heavy atom. The lowest BCUT2D eigenvalue weighted by atomic mass is 10.3. The number of pyridine rings is 1. The van der Waals surface area contributed by atoms with Crippen LogP contribution in [0.4, 0.5) is 5.69 Å². The Morgan fingerprint density at radius 1 is 1.42 bits per heavy atom. The van der Waals surface area contributed by atoms with E-state index < -0.39 is 0 Å². The Balaban J connectivity index is 1.81. The molecule has 96 valence electrons. The van der Waals surface area contributed by atoms with Crippen molar-refractivity contribution < 1.29 is 0 Å². The van der Waals surface area contributed by atoms with E-state index in [-0.39, 0.29) is 0 Å². The number of aryl methyl sites for hydroxylation is 1. The second kappa shape index (κ2) is 5.15. The summed E-state index contributed by atoms with van der Waals surface area (Å²) in [5.74, 6) is 0.729. The summed E-state index contributed by atoms with van der Waals surface area (Å²) in [7, 11) is 0. The maximum absolute atomic E-state index is 4.42. The number of thiazole rings is 1. The molecule has 3 heterocycles. The molecule has 0 bridgehead atoms. The summed E-state index contributed by atoms with van der Waals surface area (Å²) in [6, 6.07) is 3.85. The van der Waals surface area contributed by atoms with Crippen LogP contribution in [0.5, 0.6) is 0 Å². The number of aromatic nitrogens is 5. The van der Waals surface area contributed by atoms with Crippen LogP contribution in [0.1, 0.15) is 10.7 Å². The van der Waals surface area contributed by atoms with E-state index in [4.69, 9.17) is 0 Å². The molecular formula is C12H12N6S. The normalized spacial score (nSPS) is 10.6. The molecule has 0 atom stereocenters. The van der Waals surface area contributed by atoms with Gasteiger partial charge in [-0.3, -0.25) is 0 Å². The molecule has 0 saturated carbocycles. The van der Waals surface area contributed by atoms with Gasteiger partial charge in [0.2, 0.25) is 0 Å². The van der Waals surface area contributed by atoms with Crippen LogP contribution < -0.4 is 5.32 Å². The van der Waals surface area contributed by atoms with Gasteiger partial charge < -0.3 is 5.32 Å². The minimum Gasteiger partial charge on any atom is -0.376 e. The van der Waals surface area contributed by atoms with Gasteiger partial charge in [-0.1, -0.05) is 0 Å². The minimum atomic E-state index is 0.664. The Morgan fingerprint density at radius 3 is 3.11 bits per heavy atom. The molecule has 0 unspecified atom stereocenters. The quantitative estimate of drug-likeness (QED) is 0.787. The monoisotopic (exact) mass is 272 g/mol. The van der Waals surface area contributed by atoms with Crippen molar-refractivity contribution in [3.05, 3.63) is 47.1 Å². The first-order valence-electron chi connectivity index (χ1n) is 5.78. The summed E-state index contributed by atoms with van der Waals surface area (Å²) in [6.07, 6.45) is 4.85. The van der Waals surface area contributed by atoms with Gasteiger partial charge in [0.05, 0.1) is 22.9 Å². The third-order valence-electron chi connectivity index (χ3n) is 2.55. The highest BCUT2D eigenvalue weighted by Crippen LogP contribution is 2.17. The minimum absolute atomic E-state index is 0.664. The second-order valence-corrected chi connectivity index (χ2v) is 4.99. The van der Waals surface area contributed by atoms with Crippen molar-refractivity contribution in [2.75, 3.05) is 5.32 Å². The fourth-order valence-electron chi connectivity index (χ4n) is 1.71. The highest BCUT2D eigenvalue weighted by molar-refractivity contribution is 7.09. The lowest BCUT2D eigenvalue weighted by Crippen LogP contribution is -2.06. The van der Waals surface area contributed by atoms with Crippen molar-refractivity contribution in [1.82, 2.24) is 24.7 Å². The van der Waals surface area contributed by atoms with E-state index in [0.717, 1.165) is 22.2 Å². The van der Waals surface area contributed by atoms with E-state index in [2.05, 4.69) is 25.4 Å². The summed E-state index contributed by atoms with van der Waals surface area (Å²) >= 11 is 1.65. The summed E-state index contributed by atoms with van der Waals surface area (Å²) in [5.41, 5.74) is 1.93. The van der Waals surface area contributed by atoms with Crippen molar-refractivity contribution in [2.24, 2.45) is 0 Å². The van der Waals surface area contributed by atoms with E-state index in [1.807, 2.05) is 24.4 Å². The maximum Gasteiger partial charge on any atom is 0.178 e. The molecule has 0 aliphatic carbocycles. The zero-order valence-electron chi connectivity index (χ0n) is 10.3. The lowest BCUT2D eigenvalue weighted by Gasteiger charge is -2.09. The molecular weight excluding hydrogens is 260 g/mol. The fourth-order valence-corrected chi connectivity index (χ4v) is 2.32. The summed E-state index contributed by atoms with van der Waals surface area (Å²) < 4.78 is 1.63. The van der Waals surface area contributed by atoms with Crippen LogP contribution in [-0.2, 0) is 6.54 Å². The van der Waals surface area contributed by atoms with Crippen LogP contribution >= 0.6 is 11.3 Å². The van der Waals surface area contributed by atoms with Gasteiger partial charge in [-0.2, -0.15) is 5.10 Å². The van der Waals surface area contributed by atoms with Crippen molar-refractivity contribution in [1.29, 1.82) is 0 Å². The third kappa shape index (κ3) is 2.60. The van der Waals surface area contributed by atoms with Crippen LogP contribution in [0.3, 0.4) is 0 Å². The molecule has 19 heavy (non-hydrogen) atoms. The van der Waals surface area contributed by atoms with Crippen LogP contribution in [0.15, 0.2) is 36.4 Å². The number of nitrogens with zero attached hydrogens (tertiary/aromatic N) is 5. The molecule has 0 aliphatic heterocycles. The van der Waals surface area contributed by atoms with Crippen molar-refractivity contribution in [3.63, 3.8) is 0 Å². The van der Waals surface area contributed by atoms with E-state index in [1.165, 1.54) is 6.33 Å². The van der Waals surface area contributed by atoms with Crippen LogP contribution in [-0.4, -0.2) is 24.7 Å². The highest BCUT2D eigenvalue weighted by Gasteiger charge is 2.06. The zero-order chi connectivity index (χ0) is 13.1. The average molecular weight is 272 g/mol. The molecule has 0 spiro atoms. The van der Waals surface area contributed by atoms with Gasteiger partial charge in [-0.05, 0) is 19.1 Å². The standard InChI is InChI=1S/C12H12N6S/c1-9-17-10(6-19-9)5-15-11-3-2-4-14-12(11)18-8-13-7-16-18/h2-4,6-8,15H,5H2,1H3. The predicted octanol–water partition coefficient (Wildman–Crippen LogP) is 2.04. The van der Waals surface area contributed by atoms with Gasteiger partial charge in [0, 0.05) is 11.6 Å². The second-order valence-electron chi connectivity index (χ2n) is 3.93. The Kier molecular flexibility index (Phi) is 3.20. The molecule has 6 nitrogen and oxygen atoms in total. The highest BCUT2D eigenvalue weighted by atomic mass is 32.1. The first-order valence-corrected chi connectivity index (χ1v) is 6.66. The van der Waals surface area contributed by atoms with Crippen LogP contribution in [0.2, 0.25) is 0 Å². The zero-order valence-corrected chi connectivity index (χ0v) is 11.1. The Bertz CT molecular complexity index is 660. The lowest BCUT2D eigenvalue weighted by molar-refractivity contribution is 0.844. The van der Waals surface area contributed by atoms with Crippen molar-refractivity contribution >= 4 is 17.0 Å². The summed E-state index contributed by atoms with van der Waals surface area (Å²) in [6.45, 7) is 2.66. The molecule has 3 aromatic rings. The van der Waals surface area contributed by atoms with Crippen molar-refractivity contribution in [2.45, 2.75) is 13.5 Å². The Labute approximate surface area is 114 Å². The molecule has 0 fully saturated rings. The summed E-state index contributed by atoms with van der Waals surface area (Å²) in [5, 5.41) is 10.5. The van der Waals surface area contributed by atoms with Gasteiger partial charge in [-0.15, -0.1) is 11.3 Å². The molecule has 1 N–H and O–H groups in total. The number of anilines is 1. The Hall–Kier alpha value is -2.28. The van der Waals surface area contributed by atoms with E-state index in [9.17, 15) is 0 Å². The molecule has 3 aromatic heterocycles. The van der Waals surface area contributed by atoms with Crippen molar-refractivity contribution in [3.8, 4) is 5.82 Å².